The van der Waals surface area contributed by atoms with Crippen molar-refractivity contribution in [1.29, 1.82) is 0 Å². The predicted octanol–water partition coefficient (Wildman–Crippen LogP) is 1.76. The Labute approximate surface area is 131 Å². The van der Waals surface area contributed by atoms with Gasteiger partial charge in [-0.1, -0.05) is 19.3 Å². The topological polar surface area (TPSA) is 82.1 Å². The van der Waals surface area contributed by atoms with E-state index in [0.717, 1.165) is 50.2 Å². The molecule has 1 saturated carbocycles. The number of aliphatic hydroxyl groups is 1. The molecular weight excluding hydrogens is 280 g/mol. The van der Waals surface area contributed by atoms with E-state index in [9.17, 15) is 9.90 Å². The molecule has 1 unspecified atom stereocenters. The number of nitrogens with zero attached hydrogens (tertiary/aromatic N) is 3. The normalized spacial score (nSPS) is 22.7. The average Bonchev–Trinajstić information content (AvgIpc) is 3.01. The molecule has 122 valence electrons. The van der Waals surface area contributed by atoms with Crippen molar-refractivity contribution < 1.29 is 9.90 Å². The van der Waals surface area contributed by atoms with Crippen LogP contribution >= 0.6 is 0 Å². The number of H-pyrrole nitrogens is 1. The quantitative estimate of drug-likeness (QED) is 0.891. The fraction of sp³-hybridized carbons (Fsp3) is 0.812. The Morgan fingerprint density at radius 2 is 1.91 bits per heavy atom. The van der Waals surface area contributed by atoms with Crippen LogP contribution in [0.3, 0.4) is 0 Å². The molecule has 6 nitrogen and oxygen atoms in total. The number of amides is 1. The number of rotatable bonds is 3. The van der Waals surface area contributed by atoms with Gasteiger partial charge in [0, 0.05) is 19.0 Å². The summed E-state index contributed by atoms with van der Waals surface area (Å²) < 4.78 is 0. The number of aliphatic hydroxyl groups excluding tert-OH is 1. The number of carbonyl (C=O) groups is 1. The molecule has 2 heterocycles. The lowest BCUT2D eigenvalue weighted by atomic mass is 9.84. The molecule has 2 N–H and O–H groups in total. The van der Waals surface area contributed by atoms with Gasteiger partial charge < -0.3 is 10.0 Å². The minimum Gasteiger partial charge on any atom is -0.383 e. The summed E-state index contributed by atoms with van der Waals surface area (Å²) in [6.07, 6.45) is 6.43. The van der Waals surface area contributed by atoms with Crippen LogP contribution in [0.2, 0.25) is 0 Å². The first-order valence-corrected chi connectivity index (χ1v) is 8.51. The SMILES string of the molecule is Cc1nc(C2CCN(C(=O)C(O)C3CCCCC3)CC2)n[nH]1. The van der Waals surface area contributed by atoms with E-state index >= 15 is 0 Å². The molecule has 1 atom stereocenters. The minimum absolute atomic E-state index is 0.0727. The molecule has 1 amide bonds. The van der Waals surface area contributed by atoms with Crippen molar-refractivity contribution in [3.63, 3.8) is 0 Å². The molecule has 1 aromatic heterocycles. The molecule has 1 aromatic rings. The number of aryl methyl sites for hydroxylation is 1. The van der Waals surface area contributed by atoms with Gasteiger partial charge in [-0.25, -0.2) is 4.98 Å². The third kappa shape index (κ3) is 3.32. The van der Waals surface area contributed by atoms with Crippen LogP contribution in [0.5, 0.6) is 0 Å². The summed E-state index contributed by atoms with van der Waals surface area (Å²) >= 11 is 0. The van der Waals surface area contributed by atoms with Crippen LogP contribution < -0.4 is 0 Å². The summed E-state index contributed by atoms with van der Waals surface area (Å²) in [5, 5.41) is 17.5. The first-order chi connectivity index (χ1) is 10.6. The Bertz CT molecular complexity index is 502. The minimum atomic E-state index is -0.803. The van der Waals surface area contributed by atoms with Crippen LogP contribution in [0.4, 0.5) is 0 Å². The molecule has 2 fully saturated rings. The third-order valence-electron chi connectivity index (χ3n) is 5.14. The van der Waals surface area contributed by atoms with E-state index in [1.807, 2.05) is 11.8 Å². The van der Waals surface area contributed by atoms with Gasteiger partial charge in [0.25, 0.3) is 5.91 Å². The van der Waals surface area contributed by atoms with E-state index in [1.165, 1.54) is 6.42 Å². The number of likely N-dealkylation sites (tertiary alicyclic amines) is 1. The lowest BCUT2D eigenvalue weighted by Gasteiger charge is -2.34. The highest BCUT2D eigenvalue weighted by atomic mass is 16.3. The Kier molecular flexibility index (Phi) is 4.76. The molecule has 0 radical (unpaired) electrons. The van der Waals surface area contributed by atoms with Gasteiger partial charge in [-0.05, 0) is 38.5 Å². The lowest BCUT2D eigenvalue weighted by molar-refractivity contribution is -0.144. The largest absolute Gasteiger partial charge is 0.383 e. The number of nitrogens with one attached hydrogen (secondary N) is 1. The molecule has 6 heteroatoms. The van der Waals surface area contributed by atoms with Gasteiger partial charge in [-0.3, -0.25) is 9.89 Å². The lowest BCUT2D eigenvalue weighted by Crippen LogP contribution is -2.46. The molecule has 22 heavy (non-hydrogen) atoms. The average molecular weight is 306 g/mol. The highest BCUT2D eigenvalue weighted by molar-refractivity contribution is 5.81. The maximum atomic E-state index is 12.5. The Morgan fingerprint density at radius 1 is 1.23 bits per heavy atom. The van der Waals surface area contributed by atoms with Gasteiger partial charge in [-0.15, -0.1) is 0 Å². The Morgan fingerprint density at radius 3 is 2.50 bits per heavy atom. The molecule has 0 aromatic carbocycles. The fourth-order valence-electron chi connectivity index (χ4n) is 3.74. The molecular formula is C16H26N4O2. The number of hydrogen-bond acceptors (Lipinski definition) is 4. The van der Waals surface area contributed by atoms with E-state index in [4.69, 9.17) is 0 Å². The number of hydrogen-bond donors (Lipinski definition) is 2. The molecule has 1 aliphatic carbocycles. The zero-order valence-corrected chi connectivity index (χ0v) is 13.3. The highest BCUT2D eigenvalue weighted by Gasteiger charge is 2.33. The third-order valence-corrected chi connectivity index (χ3v) is 5.14. The molecule has 3 rings (SSSR count). The predicted molar refractivity (Wildman–Crippen MR) is 82.3 cm³/mol. The molecule has 0 spiro atoms. The van der Waals surface area contributed by atoms with Crippen LogP contribution in [0.25, 0.3) is 0 Å². The molecule has 2 aliphatic rings. The van der Waals surface area contributed by atoms with E-state index in [-0.39, 0.29) is 11.8 Å². The van der Waals surface area contributed by atoms with Gasteiger partial charge >= 0.3 is 0 Å². The van der Waals surface area contributed by atoms with Crippen molar-refractivity contribution in [2.75, 3.05) is 13.1 Å². The summed E-state index contributed by atoms with van der Waals surface area (Å²) in [4.78, 5) is 18.7. The van der Waals surface area contributed by atoms with Crippen molar-refractivity contribution >= 4 is 5.91 Å². The summed E-state index contributed by atoms with van der Waals surface area (Å²) in [5.41, 5.74) is 0. The first-order valence-electron chi connectivity index (χ1n) is 8.51. The standard InChI is InChI=1S/C16H26N4O2/c1-11-17-15(19-18-11)13-7-9-20(10-8-13)16(22)14(21)12-5-3-2-4-6-12/h12-14,21H,2-10H2,1H3,(H,17,18,19). The Hall–Kier alpha value is -1.43. The van der Waals surface area contributed by atoms with Gasteiger partial charge in [-0.2, -0.15) is 5.10 Å². The zero-order chi connectivity index (χ0) is 15.5. The Balaban J connectivity index is 1.53. The van der Waals surface area contributed by atoms with E-state index < -0.39 is 6.10 Å². The van der Waals surface area contributed by atoms with Crippen LogP contribution in [0.1, 0.15) is 62.5 Å². The molecule has 1 aliphatic heterocycles. The van der Waals surface area contributed by atoms with Crippen molar-refractivity contribution in [3.8, 4) is 0 Å². The van der Waals surface area contributed by atoms with E-state index in [1.54, 1.807) is 0 Å². The summed E-state index contributed by atoms with van der Waals surface area (Å²) in [6, 6.07) is 0. The second-order valence-corrected chi connectivity index (χ2v) is 6.72. The molecule has 0 bridgehead atoms. The number of carbonyl (C=O) groups excluding carboxylic acids is 1. The van der Waals surface area contributed by atoms with Crippen LogP contribution in [-0.2, 0) is 4.79 Å². The van der Waals surface area contributed by atoms with E-state index in [2.05, 4.69) is 15.2 Å². The van der Waals surface area contributed by atoms with Crippen LogP contribution in [0, 0.1) is 12.8 Å². The maximum absolute atomic E-state index is 12.5. The smallest absolute Gasteiger partial charge is 0.251 e. The maximum Gasteiger partial charge on any atom is 0.251 e. The van der Waals surface area contributed by atoms with Gasteiger partial charge in [0.2, 0.25) is 0 Å². The zero-order valence-electron chi connectivity index (χ0n) is 13.3. The van der Waals surface area contributed by atoms with Crippen LogP contribution in [0.15, 0.2) is 0 Å². The second kappa shape index (κ2) is 6.77. The monoisotopic (exact) mass is 306 g/mol. The molecule has 1 saturated heterocycles. The van der Waals surface area contributed by atoms with Crippen molar-refractivity contribution in [2.45, 2.75) is 63.9 Å². The number of piperidine rings is 1. The summed E-state index contributed by atoms with van der Waals surface area (Å²) in [6.45, 7) is 3.29. The van der Waals surface area contributed by atoms with Crippen molar-refractivity contribution in [2.24, 2.45) is 5.92 Å². The van der Waals surface area contributed by atoms with Gasteiger partial charge in [0.15, 0.2) is 5.82 Å². The fourth-order valence-corrected chi connectivity index (χ4v) is 3.74. The number of aromatic amines is 1. The van der Waals surface area contributed by atoms with Crippen molar-refractivity contribution in [3.05, 3.63) is 11.6 Å². The van der Waals surface area contributed by atoms with E-state index in [0.29, 0.717) is 19.0 Å². The highest BCUT2D eigenvalue weighted by Crippen LogP contribution is 2.29. The second-order valence-electron chi connectivity index (χ2n) is 6.72. The first kappa shape index (κ1) is 15.5. The van der Waals surface area contributed by atoms with Gasteiger partial charge in [0.1, 0.15) is 11.9 Å². The summed E-state index contributed by atoms with van der Waals surface area (Å²) in [5.74, 6) is 2.10. The number of aromatic nitrogens is 3. The van der Waals surface area contributed by atoms with Crippen molar-refractivity contribution in [1.82, 2.24) is 20.1 Å². The van der Waals surface area contributed by atoms with Crippen LogP contribution in [-0.4, -0.2) is 50.3 Å². The van der Waals surface area contributed by atoms with Gasteiger partial charge in [0.05, 0.1) is 0 Å². The summed E-state index contributed by atoms with van der Waals surface area (Å²) in [7, 11) is 0.